The summed E-state index contributed by atoms with van der Waals surface area (Å²) in [6.07, 6.45) is 2.85. The number of unbranched alkanes of at least 4 members (excludes halogenated alkanes) is 1. The van der Waals surface area contributed by atoms with Crippen LogP contribution in [0.1, 0.15) is 31.9 Å². The van der Waals surface area contributed by atoms with E-state index >= 15 is 0 Å². The van der Waals surface area contributed by atoms with Crippen molar-refractivity contribution in [1.82, 2.24) is 9.97 Å². The van der Waals surface area contributed by atoms with Gasteiger partial charge in [0.25, 0.3) is 0 Å². The average Bonchev–Trinajstić information content (AvgIpc) is 2.27. The molecule has 0 bridgehead atoms. The van der Waals surface area contributed by atoms with E-state index in [0.29, 0.717) is 17.2 Å². The number of carbonyl (C=O) groups excluding carboxylic acids is 1. The molecule has 2 heterocycles. The molecular formula is C11H15ClN4O. The van der Waals surface area contributed by atoms with Crippen LogP contribution in [-0.2, 0) is 4.79 Å². The molecule has 0 saturated heterocycles. The first-order valence-electron chi connectivity index (χ1n) is 5.73. The molecule has 0 fully saturated rings. The van der Waals surface area contributed by atoms with E-state index in [1.807, 2.05) is 0 Å². The van der Waals surface area contributed by atoms with Crippen LogP contribution in [0.25, 0.3) is 0 Å². The first-order chi connectivity index (χ1) is 8.11. The van der Waals surface area contributed by atoms with Crippen LogP contribution in [-0.4, -0.2) is 21.9 Å². The van der Waals surface area contributed by atoms with Crippen molar-refractivity contribution in [2.45, 2.75) is 39.2 Å². The zero-order valence-corrected chi connectivity index (χ0v) is 10.6. The molecule has 2 rings (SSSR count). The number of halogens is 1. The van der Waals surface area contributed by atoms with Gasteiger partial charge in [0.1, 0.15) is 11.7 Å². The highest BCUT2D eigenvalue weighted by Crippen LogP contribution is 2.29. The van der Waals surface area contributed by atoms with Gasteiger partial charge >= 0.3 is 0 Å². The van der Waals surface area contributed by atoms with Gasteiger partial charge in [-0.1, -0.05) is 19.8 Å². The van der Waals surface area contributed by atoms with Crippen LogP contribution in [0.2, 0.25) is 5.28 Å². The molecule has 1 amide bonds. The number of amides is 1. The molecule has 1 aliphatic heterocycles. The van der Waals surface area contributed by atoms with Gasteiger partial charge in [0.05, 0.1) is 5.69 Å². The number of rotatable bonds is 3. The predicted octanol–water partition coefficient (Wildman–Crippen LogP) is 2.36. The molecule has 92 valence electrons. The lowest BCUT2D eigenvalue weighted by atomic mass is 10.1. The van der Waals surface area contributed by atoms with Crippen molar-refractivity contribution >= 4 is 29.0 Å². The second kappa shape index (κ2) is 4.87. The van der Waals surface area contributed by atoms with E-state index in [1.54, 1.807) is 6.92 Å². The smallest absolute Gasteiger partial charge is 0.247 e. The SMILES string of the molecule is CCCCC1Nc2nc(Cl)nc(C)c2NC1=O. The number of fused-ring (bicyclic) bond motifs is 1. The normalized spacial score (nSPS) is 18.3. The summed E-state index contributed by atoms with van der Waals surface area (Å²) < 4.78 is 0. The maximum atomic E-state index is 11.8. The topological polar surface area (TPSA) is 66.9 Å². The molecule has 6 heteroatoms. The van der Waals surface area contributed by atoms with Crippen LogP contribution in [0.3, 0.4) is 0 Å². The molecule has 0 saturated carbocycles. The van der Waals surface area contributed by atoms with Crippen molar-refractivity contribution in [1.29, 1.82) is 0 Å². The van der Waals surface area contributed by atoms with Gasteiger partial charge < -0.3 is 10.6 Å². The molecule has 1 aromatic rings. The quantitative estimate of drug-likeness (QED) is 0.813. The van der Waals surface area contributed by atoms with E-state index in [0.717, 1.165) is 19.3 Å². The van der Waals surface area contributed by atoms with Crippen LogP contribution in [0.4, 0.5) is 11.5 Å². The van der Waals surface area contributed by atoms with Gasteiger partial charge in [-0.15, -0.1) is 0 Å². The lowest BCUT2D eigenvalue weighted by Crippen LogP contribution is -2.39. The Labute approximate surface area is 105 Å². The molecule has 0 radical (unpaired) electrons. The molecule has 1 aromatic heterocycles. The molecule has 0 spiro atoms. The van der Waals surface area contributed by atoms with Crippen molar-refractivity contribution < 1.29 is 4.79 Å². The van der Waals surface area contributed by atoms with Crippen LogP contribution in [0.5, 0.6) is 0 Å². The maximum Gasteiger partial charge on any atom is 0.247 e. The first-order valence-corrected chi connectivity index (χ1v) is 6.11. The summed E-state index contributed by atoms with van der Waals surface area (Å²) in [7, 11) is 0. The summed E-state index contributed by atoms with van der Waals surface area (Å²) in [5, 5.41) is 6.14. The fraction of sp³-hybridized carbons (Fsp3) is 0.545. The van der Waals surface area contributed by atoms with Gasteiger partial charge in [-0.3, -0.25) is 4.79 Å². The van der Waals surface area contributed by atoms with Gasteiger partial charge in [-0.2, -0.15) is 4.98 Å². The van der Waals surface area contributed by atoms with E-state index in [1.165, 1.54) is 0 Å². The van der Waals surface area contributed by atoms with E-state index in [4.69, 9.17) is 11.6 Å². The summed E-state index contributed by atoms with van der Waals surface area (Å²) in [6.45, 7) is 3.89. The second-order valence-corrected chi connectivity index (χ2v) is 4.47. The Balaban J connectivity index is 2.24. The van der Waals surface area contributed by atoms with Gasteiger partial charge in [-0.25, -0.2) is 4.98 Å². The van der Waals surface area contributed by atoms with Crippen molar-refractivity contribution in [3.8, 4) is 0 Å². The highest BCUT2D eigenvalue weighted by atomic mass is 35.5. The molecule has 1 unspecified atom stereocenters. The number of nitrogens with zero attached hydrogens (tertiary/aromatic N) is 2. The number of anilines is 2. The average molecular weight is 255 g/mol. The Morgan fingerprint density at radius 1 is 1.41 bits per heavy atom. The zero-order valence-electron chi connectivity index (χ0n) is 9.88. The summed E-state index contributed by atoms with van der Waals surface area (Å²) in [5.41, 5.74) is 1.31. The second-order valence-electron chi connectivity index (χ2n) is 4.13. The van der Waals surface area contributed by atoms with Crippen molar-refractivity contribution in [3.05, 3.63) is 11.0 Å². The lowest BCUT2D eigenvalue weighted by Gasteiger charge is -2.26. The summed E-state index contributed by atoms with van der Waals surface area (Å²) in [6, 6.07) is -0.229. The number of nitrogens with one attached hydrogen (secondary N) is 2. The van der Waals surface area contributed by atoms with Gasteiger partial charge in [0.2, 0.25) is 11.2 Å². The van der Waals surface area contributed by atoms with Crippen molar-refractivity contribution in [2.75, 3.05) is 10.6 Å². The van der Waals surface area contributed by atoms with Crippen LogP contribution < -0.4 is 10.6 Å². The Kier molecular flexibility index (Phi) is 3.47. The Morgan fingerprint density at radius 2 is 2.18 bits per heavy atom. The molecule has 0 aromatic carbocycles. The third-order valence-corrected chi connectivity index (χ3v) is 2.95. The highest BCUT2D eigenvalue weighted by molar-refractivity contribution is 6.28. The minimum absolute atomic E-state index is 0.0278. The van der Waals surface area contributed by atoms with E-state index in [9.17, 15) is 4.79 Å². The fourth-order valence-electron chi connectivity index (χ4n) is 1.85. The van der Waals surface area contributed by atoms with Crippen LogP contribution >= 0.6 is 11.6 Å². The van der Waals surface area contributed by atoms with Gasteiger partial charge in [0, 0.05) is 0 Å². The minimum Gasteiger partial charge on any atom is -0.356 e. The number of hydrogen-bond acceptors (Lipinski definition) is 4. The maximum absolute atomic E-state index is 11.8. The number of aromatic nitrogens is 2. The molecule has 17 heavy (non-hydrogen) atoms. The number of hydrogen-bond donors (Lipinski definition) is 2. The molecule has 0 aliphatic carbocycles. The molecule has 5 nitrogen and oxygen atoms in total. The van der Waals surface area contributed by atoms with Gasteiger partial charge in [-0.05, 0) is 24.9 Å². The Bertz CT molecular complexity index is 449. The van der Waals surface area contributed by atoms with Gasteiger partial charge in [0.15, 0.2) is 5.82 Å². The van der Waals surface area contributed by atoms with Crippen molar-refractivity contribution in [2.24, 2.45) is 0 Å². The zero-order chi connectivity index (χ0) is 12.4. The Hall–Kier alpha value is -1.36. The summed E-state index contributed by atoms with van der Waals surface area (Å²) in [5.74, 6) is 0.586. The third kappa shape index (κ3) is 2.49. The van der Waals surface area contributed by atoms with Crippen LogP contribution in [0.15, 0.2) is 0 Å². The van der Waals surface area contributed by atoms with E-state index in [-0.39, 0.29) is 17.2 Å². The predicted molar refractivity (Wildman–Crippen MR) is 67.3 cm³/mol. The van der Waals surface area contributed by atoms with Crippen molar-refractivity contribution in [3.63, 3.8) is 0 Å². The van der Waals surface area contributed by atoms with E-state index in [2.05, 4.69) is 27.5 Å². The highest BCUT2D eigenvalue weighted by Gasteiger charge is 2.27. The monoisotopic (exact) mass is 254 g/mol. The third-order valence-electron chi connectivity index (χ3n) is 2.78. The van der Waals surface area contributed by atoms with E-state index < -0.39 is 0 Å². The number of aryl methyl sites for hydroxylation is 1. The molecule has 2 N–H and O–H groups in total. The molecule has 1 atom stereocenters. The largest absolute Gasteiger partial charge is 0.356 e. The molecule has 1 aliphatic rings. The first kappa shape index (κ1) is 12.1. The molecular weight excluding hydrogens is 240 g/mol. The minimum atomic E-state index is -0.229. The van der Waals surface area contributed by atoms with Crippen LogP contribution in [0, 0.1) is 6.92 Å². The standard InChI is InChI=1S/C11H15ClN4O/c1-3-4-5-7-10(17)15-8-6(2)13-11(12)16-9(8)14-7/h7H,3-5H2,1-2H3,(H,15,17)(H,13,14,16). The number of carbonyl (C=O) groups is 1. The lowest BCUT2D eigenvalue weighted by molar-refractivity contribution is -0.117. The summed E-state index contributed by atoms with van der Waals surface area (Å²) in [4.78, 5) is 19.9. The Morgan fingerprint density at radius 3 is 2.88 bits per heavy atom. The summed E-state index contributed by atoms with van der Waals surface area (Å²) >= 11 is 5.80. The fourth-order valence-corrected chi connectivity index (χ4v) is 2.06.